The van der Waals surface area contributed by atoms with Gasteiger partial charge in [-0.15, -0.1) is 0 Å². The van der Waals surface area contributed by atoms with Gasteiger partial charge >= 0.3 is 27.2 Å². The summed E-state index contributed by atoms with van der Waals surface area (Å²) in [6.45, 7) is 8.07. The van der Waals surface area contributed by atoms with Crippen LogP contribution < -0.4 is 5.43 Å². The first-order valence-electron chi connectivity index (χ1n) is 6.39. The van der Waals surface area contributed by atoms with Gasteiger partial charge in [0.15, 0.2) is 0 Å². The zero-order valence-corrected chi connectivity index (χ0v) is 16.8. The molecule has 0 fully saturated rings. The fraction of sp³-hybridized carbons (Fsp3) is 0.294. The first kappa shape index (κ1) is 23.2. The number of benzene rings is 1. The predicted molar refractivity (Wildman–Crippen MR) is 88.9 cm³/mol. The second-order valence-corrected chi connectivity index (χ2v) is 4.76. The zero-order valence-electron chi connectivity index (χ0n) is 13.5. The van der Waals surface area contributed by atoms with Crippen molar-refractivity contribution in [2.45, 2.75) is 33.6 Å². The molecule has 1 aromatic heterocycles. The van der Waals surface area contributed by atoms with Crippen molar-refractivity contribution < 1.29 is 27.1 Å². The van der Waals surface area contributed by atoms with E-state index >= 15 is 0 Å². The van der Waals surface area contributed by atoms with E-state index in [1.807, 2.05) is 0 Å². The summed E-state index contributed by atoms with van der Waals surface area (Å²) in [6.07, 6.45) is 1.25. The summed E-state index contributed by atoms with van der Waals surface area (Å²) in [5, 5.41) is 8.80. The van der Waals surface area contributed by atoms with Crippen LogP contribution in [-0.2, 0) is 17.6 Å². The van der Waals surface area contributed by atoms with E-state index in [9.17, 15) is 4.79 Å². The molecule has 0 aliphatic heterocycles. The molecule has 125 valence electrons. The molecule has 2 aromatic rings. The van der Waals surface area contributed by atoms with Crippen LogP contribution in [0, 0.1) is 21.3 Å². The monoisotopic (exact) mass is 502 g/mol. The normalized spacial score (nSPS) is 8.86. The summed E-state index contributed by atoms with van der Waals surface area (Å²) in [7, 11) is 4.67. The number of hydrogen-bond donors (Lipinski definition) is 1. The van der Waals surface area contributed by atoms with E-state index in [0.29, 0.717) is 5.92 Å². The van der Waals surface area contributed by atoms with Crippen molar-refractivity contribution >= 4 is 9.64 Å². The molecule has 0 radical (unpaired) electrons. The Morgan fingerprint density at radius 3 is 1.95 bits per heavy atom. The van der Waals surface area contributed by atoms with E-state index in [1.54, 1.807) is 0 Å². The van der Waals surface area contributed by atoms with Crippen LogP contribution in [0.25, 0.3) is 0 Å². The van der Waals surface area contributed by atoms with Crippen LogP contribution >= 0.6 is 9.64 Å². The van der Waals surface area contributed by atoms with E-state index in [-0.39, 0.29) is 18.9 Å². The third-order valence-electron chi connectivity index (χ3n) is 2.78. The fourth-order valence-corrected chi connectivity index (χ4v) is 1.46. The first-order chi connectivity index (χ1) is 9.91. The Hall–Kier alpha value is -1.10. The van der Waals surface area contributed by atoms with Crippen molar-refractivity contribution in [3.63, 3.8) is 0 Å². The number of halogens is 1. The Labute approximate surface area is 147 Å². The summed E-state index contributed by atoms with van der Waals surface area (Å²) in [5.74, 6) is 0.598. The Balaban J connectivity index is 0. The molecule has 1 heterocycles. The van der Waals surface area contributed by atoms with Gasteiger partial charge in [-0.3, -0.25) is 4.79 Å². The van der Waals surface area contributed by atoms with Crippen molar-refractivity contribution in [1.82, 2.24) is 0 Å². The average Bonchev–Trinajstić information content (AvgIpc) is 2.48. The minimum atomic E-state index is -0.404. The van der Waals surface area contributed by atoms with Gasteiger partial charge in [0.05, 0.1) is 6.26 Å². The maximum atomic E-state index is 10.5. The van der Waals surface area contributed by atoms with Crippen LogP contribution in [0.1, 0.15) is 36.7 Å². The Bertz CT molecular complexity index is 577. The first-order valence-corrected chi connectivity index (χ1v) is 9.54. The minimum absolute atomic E-state index is 0. The Kier molecular flexibility index (Phi) is 13.1. The molecule has 0 aliphatic rings. The van der Waals surface area contributed by atoms with Gasteiger partial charge in [-0.25, -0.2) is 0 Å². The van der Waals surface area contributed by atoms with Gasteiger partial charge in [-0.1, -0.05) is 43.7 Å². The molecule has 1 aromatic carbocycles. The summed E-state index contributed by atoms with van der Waals surface area (Å²) in [6, 6.07) is 9.88. The molecule has 1 N–H and O–H groups in total. The summed E-state index contributed by atoms with van der Waals surface area (Å²) in [5.41, 5.74) is 2.36. The molecule has 0 bridgehead atoms. The topological polar surface area (TPSA) is 50.4 Å². The number of rotatable bonds is 1. The molecule has 0 saturated heterocycles. The standard InChI is InChI=1S/C10H14.C6H6O3.CH3.ClH.Os/c1-8(2)10-6-4-9(3)5-7-10;1-4-6(8)5(7)2-3-9-4;;;/h4-8H,1-3H3;2-3,8H,1H3;1H3;1H;/q;;-1;;+1/p-1. The molecular weight excluding hydrogens is 478 g/mol. The van der Waals surface area contributed by atoms with Gasteiger partial charge in [0, 0.05) is 6.07 Å². The van der Waals surface area contributed by atoms with Gasteiger partial charge in [-0.2, -0.15) is 0 Å². The van der Waals surface area contributed by atoms with Gasteiger partial charge in [-0.05, 0) is 25.3 Å². The van der Waals surface area contributed by atoms with Crippen LogP contribution in [0.15, 0.2) is 45.8 Å². The molecule has 0 unspecified atom stereocenters. The van der Waals surface area contributed by atoms with Gasteiger partial charge in [0.25, 0.3) is 0 Å². The molecule has 0 spiro atoms. The molecule has 0 amide bonds. The van der Waals surface area contributed by atoms with Crippen LogP contribution in [0.2, 0.25) is 0 Å². The summed E-state index contributed by atoms with van der Waals surface area (Å²) < 4.78 is 4.69. The fourth-order valence-electron chi connectivity index (χ4n) is 1.46. The Morgan fingerprint density at radius 1 is 1.09 bits per heavy atom. The molecule has 2 rings (SSSR count). The number of aryl methyl sites for hydroxylation is 2. The quantitative estimate of drug-likeness (QED) is 0.566. The maximum absolute atomic E-state index is 10.5. The molecule has 0 atom stereocenters. The van der Waals surface area contributed by atoms with Crippen molar-refractivity contribution in [3.05, 3.63) is 71.1 Å². The van der Waals surface area contributed by atoms with E-state index in [4.69, 9.17) is 5.11 Å². The van der Waals surface area contributed by atoms with Crippen LogP contribution in [0.4, 0.5) is 0 Å². The third-order valence-corrected chi connectivity index (χ3v) is 2.78. The Morgan fingerprint density at radius 2 is 1.59 bits per heavy atom. The van der Waals surface area contributed by atoms with E-state index < -0.39 is 5.43 Å². The molecule has 3 nitrogen and oxygen atoms in total. The van der Waals surface area contributed by atoms with Gasteiger partial charge in [0.2, 0.25) is 11.2 Å². The second kappa shape index (κ2) is 12.4. The van der Waals surface area contributed by atoms with E-state index in [1.165, 1.54) is 48.0 Å². The van der Waals surface area contributed by atoms with E-state index in [0.717, 1.165) is 0 Å². The van der Waals surface area contributed by atoms with Crippen molar-refractivity contribution in [2.24, 2.45) is 0 Å². The number of aromatic hydroxyl groups is 1. The molecule has 0 aliphatic carbocycles. The summed E-state index contributed by atoms with van der Waals surface area (Å²) >= 11 is 1.33. The second-order valence-electron chi connectivity index (χ2n) is 4.76. The van der Waals surface area contributed by atoms with Crippen molar-refractivity contribution in [3.8, 4) is 5.75 Å². The van der Waals surface area contributed by atoms with Crippen molar-refractivity contribution in [2.75, 3.05) is 0 Å². The van der Waals surface area contributed by atoms with Gasteiger partial charge in [0.1, 0.15) is 5.76 Å². The number of hydrogen-bond acceptors (Lipinski definition) is 3. The molecule has 0 saturated carbocycles. The molecule has 22 heavy (non-hydrogen) atoms. The molecule has 5 heteroatoms. The zero-order chi connectivity index (χ0) is 16.4. The third kappa shape index (κ3) is 8.37. The summed E-state index contributed by atoms with van der Waals surface area (Å²) in [4.78, 5) is 10.5. The van der Waals surface area contributed by atoms with Crippen molar-refractivity contribution in [1.29, 1.82) is 0 Å². The van der Waals surface area contributed by atoms with Crippen LogP contribution in [0.5, 0.6) is 5.75 Å². The van der Waals surface area contributed by atoms with E-state index in [2.05, 4.69) is 59.1 Å². The SMILES string of the molecule is Cc1ccc(C(C)C)cc1.Cc1occc(=O)c1O.[CH3-].[Cl][Os]. The molecular formula is C17H23ClO3Os-. The van der Waals surface area contributed by atoms with Gasteiger partial charge < -0.3 is 17.0 Å². The van der Waals surface area contributed by atoms with Crippen LogP contribution in [-0.4, -0.2) is 5.11 Å². The average molecular weight is 501 g/mol. The van der Waals surface area contributed by atoms with Crippen LogP contribution in [0.3, 0.4) is 0 Å². The predicted octanol–water partition coefficient (Wildman–Crippen LogP) is 4.91.